The smallest absolute Gasteiger partial charge is 0.183 e. The van der Waals surface area contributed by atoms with Crippen LogP contribution in [0.4, 0.5) is 0 Å². The number of aliphatic hydroxyl groups is 4. The van der Waals surface area contributed by atoms with Crippen LogP contribution in [-0.2, 0) is 4.74 Å². The van der Waals surface area contributed by atoms with Crippen LogP contribution in [0, 0.1) is 0 Å². The molecule has 5 atom stereocenters. The van der Waals surface area contributed by atoms with Crippen LogP contribution in [-0.4, -0.2) is 51.1 Å². The molecule has 1 fully saturated rings. The van der Waals surface area contributed by atoms with Gasteiger partial charge in [0.25, 0.3) is 0 Å². The summed E-state index contributed by atoms with van der Waals surface area (Å²) in [6.45, 7) is 1.50. The van der Waals surface area contributed by atoms with Crippen molar-refractivity contribution in [3.05, 3.63) is 0 Å². The highest BCUT2D eigenvalue weighted by Gasteiger charge is 2.40. The maximum absolute atomic E-state index is 9.09. The third kappa shape index (κ3) is 1.52. The summed E-state index contributed by atoms with van der Waals surface area (Å²) >= 11 is 0. The molecule has 0 aromatic rings. The van der Waals surface area contributed by atoms with Crippen molar-refractivity contribution in [1.29, 1.82) is 0 Å². The van der Waals surface area contributed by atoms with E-state index < -0.39 is 30.7 Å². The van der Waals surface area contributed by atoms with Gasteiger partial charge in [-0.15, -0.1) is 0 Å². The van der Waals surface area contributed by atoms with Crippen LogP contribution in [0.15, 0.2) is 0 Å². The lowest BCUT2D eigenvalue weighted by molar-refractivity contribution is -0.277. The fourth-order valence-corrected chi connectivity index (χ4v) is 1.03. The normalized spacial score (nSPS) is 52.6. The molecule has 0 aliphatic carbocycles. The van der Waals surface area contributed by atoms with Crippen LogP contribution in [0.2, 0.25) is 0 Å². The van der Waals surface area contributed by atoms with Crippen molar-refractivity contribution in [2.75, 3.05) is 0 Å². The van der Waals surface area contributed by atoms with E-state index in [1.165, 1.54) is 6.92 Å². The van der Waals surface area contributed by atoms with E-state index in [4.69, 9.17) is 20.4 Å². The van der Waals surface area contributed by atoms with E-state index in [9.17, 15) is 0 Å². The Morgan fingerprint density at radius 2 is 1.45 bits per heavy atom. The molecule has 66 valence electrons. The number of rotatable bonds is 0. The highest BCUT2D eigenvalue weighted by atomic mass is 16.6. The molecular formula is C6H12O5. The molecule has 0 aromatic carbocycles. The van der Waals surface area contributed by atoms with Gasteiger partial charge in [-0.3, -0.25) is 0 Å². The SMILES string of the molecule is C[C@H]1O[C@H](O)[C@@H](O)[C@H](O)[C@H]1O. The first kappa shape index (κ1) is 8.89. The van der Waals surface area contributed by atoms with Gasteiger partial charge in [-0.1, -0.05) is 0 Å². The summed E-state index contributed by atoms with van der Waals surface area (Å²) in [6.07, 6.45) is -5.99. The van der Waals surface area contributed by atoms with Crippen LogP contribution in [0.25, 0.3) is 0 Å². The molecule has 0 saturated carbocycles. The molecule has 0 unspecified atom stereocenters. The van der Waals surface area contributed by atoms with Crippen LogP contribution in [0.5, 0.6) is 0 Å². The Kier molecular flexibility index (Phi) is 2.46. The molecule has 11 heavy (non-hydrogen) atoms. The summed E-state index contributed by atoms with van der Waals surface area (Å²) in [5.41, 5.74) is 0. The van der Waals surface area contributed by atoms with Crippen molar-refractivity contribution in [3.8, 4) is 0 Å². The van der Waals surface area contributed by atoms with Gasteiger partial charge in [-0.25, -0.2) is 0 Å². The van der Waals surface area contributed by atoms with E-state index in [0.29, 0.717) is 0 Å². The summed E-state index contributed by atoms with van der Waals surface area (Å²) in [5, 5.41) is 36.0. The number of hydrogen-bond acceptors (Lipinski definition) is 5. The Morgan fingerprint density at radius 1 is 0.909 bits per heavy atom. The second-order valence-electron chi connectivity index (χ2n) is 2.70. The molecule has 1 aliphatic heterocycles. The van der Waals surface area contributed by atoms with Crippen LogP contribution >= 0.6 is 0 Å². The molecule has 5 nitrogen and oxygen atoms in total. The molecule has 1 saturated heterocycles. The Bertz CT molecular complexity index is 125. The highest BCUT2D eigenvalue weighted by Crippen LogP contribution is 2.18. The van der Waals surface area contributed by atoms with Gasteiger partial charge in [0, 0.05) is 0 Å². The van der Waals surface area contributed by atoms with Crippen molar-refractivity contribution < 1.29 is 25.2 Å². The monoisotopic (exact) mass is 164 g/mol. The van der Waals surface area contributed by atoms with Crippen molar-refractivity contribution >= 4 is 0 Å². The fourth-order valence-electron chi connectivity index (χ4n) is 1.03. The molecule has 0 radical (unpaired) electrons. The molecule has 0 bridgehead atoms. The van der Waals surface area contributed by atoms with Gasteiger partial charge in [0.2, 0.25) is 0 Å². The third-order valence-corrected chi connectivity index (χ3v) is 1.83. The Labute approximate surface area is 63.8 Å². The number of hydrogen-bond donors (Lipinski definition) is 4. The van der Waals surface area contributed by atoms with E-state index in [1.807, 2.05) is 0 Å². The average molecular weight is 164 g/mol. The zero-order valence-corrected chi connectivity index (χ0v) is 6.08. The van der Waals surface area contributed by atoms with Gasteiger partial charge in [0.15, 0.2) is 6.29 Å². The molecule has 1 aliphatic rings. The van der Waals surface area contributed by atoms with E-state index in [0.717, 1.165) is 0 Å². The molecular weight excluding hydrogens is 152 g/mol. The second kappa shape index (κ2) is 3.04. The van der Waals surface area contributed by atoms with E-state index in [2.05, 4.69) is 4.74 Å². The predicted octanol–water partition coefficient (Wildman–Crippen LogP) is -2.19. The van der Waals surface area contributed by atoms with Crippen LogP contribution < -0.4 is 0 Å². The third-order valence-electron chi connectivity index (χ3n) is 1.83. The maximum atomic E-state index is 9.09. The summed E-state index contributed by atoms with van der Waals surface area (Å²) in [7, 11) is 0. The Hall–Kier alpha value is -0.200. The number of ether oxygens (including phenoxy) is 1. The minimum absolute atomic E-state index is 0.664. The quantitative estimate of drug-likeness (QED) is 0.326. The largest absolute Gasteiger partial charge is 0.388 e. The van der Waals surface area contributed by atoms with Gasteiger partial charge in [-0.2, -0.15) is 0 Å². The van der Waals surface area contributed by atoms with Crippen LogP contribution in [0.3, 0.4) is 0 Å². The molecule has 0 aromatic heterocycles. The zero-order valence-electron chi connectivity index (χ0n) is 6.08. The molecule has 0 spiro atoms. The predicted molar refractivity (Wildman–Crippen MR) is 34.6 cm³/mol. The minimum Gasteiger partial charge on any atom is -0.388 e. The van der Waals surface area contributed by atoms with Gasteiger partial charge in [0.1, 0.15) is 18.3 Å². The summed E-state index contributed by atoms with van der Waals surface area (Å²) in [5.74, 6) is 0. The van der Waals surface area contributed by atoms with Crippen LogP contribution in [0.1, 0.15) is 6.92 Å². The first-order chi connectivity index (χ1) is 5.04. The van der Waals surface area contributed by atoms with Crippen molar-refractivity contribution in [1.82, 2.24) is 0 Å². The molecule has 1 heterocycles. The molecule has 5 heteroatoms. The first-order valence-electron chi connectivity index (χ1n) is 3.41. The van der Waals surface area contributed by atoms with Crippen molar-refractivity contribution in [3.63, 3.8) is 0 Å². The lowest BCUT2D eigenvalue weighted by atomic mass is 10.0. The number of aliphatic hydroxyl groups excluding tert-OH is 4. The van der Waals surface area contributed by atoms with E-state index in [1.54, 1.807) is 0 Å². The van der Waals surface area contributed by atoms with E-state index >= 15 is 0 Å². The lowest BCUT2D eigenvalue weighted by Gasteiger charge is -2.36. The summed E-state index contributed by atoms with van der Waals surface area (Å²) < 4.78 is 4.68. The highest BCUT2D eigenvalue weighted by molar-refractivity contribution is 4.86. The van der Waals surface area contributed by atoms with E-state index in [-0.39, 0.29) is 0 Å². The van der Waals surface area contributed by atoms with Crippen molar-refractivity contribution in [2.45, 2.75) is 37.6 Å². The first-order valence-corrected chi connectivity index (χ1v) is 3.41. The van der Waals surface area contributed by atoms with Gasteiger partial charge in [-0.05, 0) is 6.92 Å². The standard InChI is InChI=1S/C6H12O5/c1-2-3(7)4(8)5(9)6(10)11-2/h2-10H,1H3/t2-,3+,4-,5+,6+/m1/s1. The molecule has 1 rings (SSSR count). The average Bonchev–Trinajstić information content (AvgIpc) is 1.97. The maximum Gasteiger partial charge on any atom is 0.183 e. The zero-order chi connectivity index (χ0) is 8.59. The van der Waals surface area contributed by atoms with Crippen molar-refractivity contribution in [2.24, 2.45) is 0 Å². The molecule has 4 N–H and O–H groups in total. The summed E-state index contributed by atoms with van der Waals surface area (Å²) in [4.78, 5) is 0. The minimum atomic E-state index is -1.43. The topological polar surface area (TPSA) is 90.2 Å². The van der Waals surface area contributed by atoms with Gasteiger partial charge < -0.3 is 25.2 Å². The fraction of sp³-hybridized carbons (Fsp3) is 1.00. The Balaban J connectivity index is 2.63. The summed E-state index contributed by atoms with van der Waals surface area (Å²) in [6, 6.07) is 0. The molecule has 0 amide bonds. The lowest BCUT2D eigenvalue weighted by Crippen LogP contribution is -2.56. The van der Waals surface area contributed by atoms with Gasteiger partial charge in [0.05, 0.1) is 6.10 Å². The van der Waals surface area contributed by atoms with Gasteiger partial charge >= 0.3 is 0 Å². The Morgan fingerprint density at radius 3 is 2.00 bits per heavy atom. The second-order valence-corrected chi connectivity index (χ2v) is 2.70.